The van der Waals surface area contributed by atoms with Crippen LogP contribution >= 0.6 is 27.3 Å². The molecule has 3 aromatic carbocycles. The van der Waals surface area contributed by atoms with Crippen LogP contribution in [0, 0.1) is 0 Å². The molecule has 0 saturated carbocycles. The van der Waals surface area contributed by atoms with Gasteiger partial charge in [-0.15, -0.1) is 11.3 Å². The predicted molar refractivity (Wildman–Crippen MR) is 113 cm³/mol. The molecular formula is C21H15BrN2O2S. The van der Waals surface area contributed by atoms with Gasteiger partial charge in [-0.1, -0.05) is 46.3 Å². The summed E-state index contributed by atoms with van der Waals surface area (Å²) in [5.41, 5.74) is 2.53. The largest absolute Gasteiger partial charge is 0.484 e. The van der Waals surface area contributed by atoms with Crippen LogP contribution in [0.25, 0.3) is 20.8 Å². The lowest BCUT2D eigenvalue weighted by molar-refractivity contribution is -0.118. The fraction of sp³-hybridized carbons (Fsp3) is 0.0476. The summed E-state index contributed by atoms with van der Waals surface area (Å²) in [7, 11) is 0. The highest BCUT2D eigenvalue weighted by molar-refractivity contribution is 9.10. The SMILES string of the molecule is O=C(COc1ccccc1)Nc1ccc(Br)cc1-c1nc2ccccc2s1. The first-order valence-electron chi connectivity index (χ1n) is 8.32. The predicted octanol–water partition coefficient (Wildman–Crippen LogP) is 5.74. The summed E-state index contributed by atoms with van der Waals surface area (Å²) < 4.78 is 7.56. The van der Waals surface area contributed by atoms with Crippen molar-refractivity contribution in [3.63, 3.8) is 0 Å². The number of carbonyl (C=O) groups excluding carboxylic acids is 1. The van der Waals surface area contributed by atoms with E-state index in [1.807, 2.05) is 72.8 Å². The van der Waals surface area contributed by atoms with E-state index in [-0.39, 0.29) is 12.5 Å². The average molecular weight is 439 g/mol. The second kappa shape index (κ2) is 7.90. The van der Waals surface area contributed by atoms with E-state index in [0.29, 0.717) is 11.4 Å². The van der Waals surface area contributed by atoms with Crippen molar-refractivity contribution < 1.29 is 9.53 Å². The lowest BCUT2D eigenvalue weighted by Crippen LogP contribution is -2.20. The quantitative estimate of drug-likeness (QED) is 0.431. The number of ether oxygens (including phenoxy) is 1. The van der Waals surface area contributed by atoms with E-state index in [1.165, 1.54) is 0 Å². The first-order chi connectivity index (χ1) is 13.2. The normalized spacial score (nSPS) is 10.7. The topological polar surface area (TPSA) is 51.2 Å². The Labute approximate surface area is 169 Å². The number of halogens is 1. The van der Waals surface area contributed by atoms with Gasteiger partial charge in [0, 0.05) is 10.0 Å². The van der Waals surface area contributed by atoms with Gasteiger partial charge in [0.05, 0.1) is 15.9 Å². The Bertz CT molecular complexity index is 1060. The lowest BCUT2D eigenvalue weighted by Gasteiger charge is -2.11. The van der Waals surface area contributed by atoms with Gasteiger partial charge in [0.2, 0.25) is 0 Å². The zero-order chi connectivity index (χ0) is 18.6. The number of rotatable bonds is 5. The van der Waals surface area contributed by atoms with E-state index in [2.05, 4.69) is 21.2 Å². The minimum Gasteiger partial charge on any atom is -0.484 e. The van der Waals surface area contributed by atoms with Crippen LogP contribution in [0.3, 0.4) is 0 Å². The first-order valence-corrected chi connectivity index (χ1v) is 9.93. The van der Waals surface area contributed by atoms with E-state index in [4.69, 9.17) is 9.72 Å². The monoisotopic (exact) mass is 438 g/mol. The van der Waals surface area contributed by atoms with Crippen LogP contribution in [-0.2, 0) is 4.79 Å². The third kappa shape index (κ3) is 4.18. The summed E-state index contributed by atoms with van der Waals surface area (Å²) in [6, 6.07) is 23.0. The van der Waals surface area contributed by atoms with Crippen molar-refractivity contribution in [2.45, 2.75) is 0 Å². The number of anilines is 1. The summed E-state index contributed by atoms with van der Waals surface area (Å²) in [5, 5.41) is 3.79. The fourth-order valence-electron chi connectivity index (χ4n) is 2.64. The number of hydrogen-bond donors (Lipinski definition) is 1. The van der Waals surface area contributed by atoms with Gasteiger partial charge in [0.15, 0.2) is 6.61 Å². The number of hydrogen-bond acceptors (Lipinski definition) is 4. The van der Waals surface area contributed by atoms with Crippen LogP contribution in [0.4, 0.5) is 5.69 Å². The Kier molecular flexibility index (Phi) is 5.18. The molecule has 1 aromatic heterocycles. The van der Waals surface area contributed by atoms with E-state index >= 15 is 0 Å². The van der Waals surface area contributed by atoms with E-state index in [9.17, 15) is 4.79 Å². The average Bonchev–Trinajstić information content (AvgIpc) is 3.12. The summed E-state index contributed by atoms with van der Waals surface area (Å²) in [6.45, 7) is -0.0562. The maximum absolute atomic E-state index is 12.4. The van der Waals surface area contributed by atoms with Gasteiger partial charge in [-0.25, -0.2) is 4.98 Å². The Balaban J connectivity index is 1.57. The number of carbonyl (C=O) groups is 1. The highest BCUT2D eigenvalue weighted by Gasteiger charge is 2.14. The molecule has 4 rings (SSSR count). The second-order valence-electron chi connectivity index (χ2n) is 5.83. The molecule has 0 saturated heterocycles. The molecule has 0 unspecified atom stereocenters. The molecule has 0 bridgehead atoms. The Morgan fingerprint density at radius 1 is 1.04 bits per heavy atom. The molecule has 0 radical (unpaired) electrons. The van der Waals surface area contributed by atoms with Crippen LogP contribution in [-0.4, -0.2) is 17.5 Å². The molecule has 0 aliphatic carbocycles. The van der Waals surface area contributed by atoms with Crippen molar-refractivity contribution in [3.05, 3.63) is 77.3 Å². The molecule has 1 N–H and O–H groups in total. The van der Waals surface area contributed by atoms with Gasteiger partial charge in [-0.2, -0.15) is 0 Å². The van der Waals surface area contributed by atoms with Gasteiger partial charge in [-0.3, -0.25) is 4.79 Å². The molecule has 6 heteroatoms. The molecule has 0 aliphatic rings. The van der Waals surface area contributed by atoms with Gasteiger partial charge in [0.1, 0.15) is 10.8 Å². The zero-order valence-electron chi connectivity index (χ0n) is 14.2. The molecule has 1 amide bonds. The molecule has 0 aliphatic heterocycles. The standard InChI is InChI=1S/C21H15BrN2O2S/c22-14-10-11-17(23-20(25)13-26-15-6-2-1-3-7-15)16(12-14)21-24-18-8-4-5-9-19(18)27-21/h1-12H,13H2,(H,23,25). The van der Waals surface area contributed by atoms with Gasteiger partial charge >= 0.3 is 0 Å². The second-order valence-corrected chi connectivity index (χ2v) is 7.77. The molecular weight excluding hydrogens is 424 g/mol. The molecule has 0 atom stereocenters. The fourth-order valence-corrected chi connectivity index (χ4v) is 4.00. The van der Waals surface area contributed by atoms with Crippen molar-refractivity contribution in [2.75, 3.05) is 11.9 Å². The number of nitrogens with zero attached hydrogens (tertiary/aromatic N) is 1. The Morgan fingerprint density at radius 2 is 1.81 bits per heavy atom. The minimum atomic E-state index is -0.219. The third-order valence-electron chi connectivity index (χ3n) is 3.89. The van der Waals surface area contributed by atoms with Crippen molar-refractivity contribution in [3.8, 4) is 16.3 Å². The smallest absolute Gasteiger partial charge is 0.262 e. The number of fused-ring (bicyclic) bond motifs is 1. The van der Waals surface area contributed by atoms with Crippen molar-refractivity contribution in [2.24, 2.45) is 0 Å². The molecule has 4 nitrogen and oxygen atoms in total. The maximum Gasteiger partial charge on any atom is 0.262 e. The third-order valence-corrected chi connectivity index (χ3v) is 5.46. The molecule has 1 heterocycles. The van der Waals surface area contributed by atoms with Crippen molar-refractivity contribution >= 4 is 49.1 Å². The number of aromatic nitrogens is 1. The van der Waals surface area contributed by atoms with Crippen molar-refractivity contribution in [1.29, 1.82) is 0 Å². The van der Waals surface area contributed by atoms with Crippen LogP contribution in [0.15, 0.2) is 77.3 Å². The van der Waals surface area contributed by atoms with Gasteiger partial charge < -0.3 is 10.1 Å². The van der Waals surface area contributed by atoms with Crippen molar-refractivity contribution in [1.82, 2.24) is 4.98 Å². The first kappa shape index (κ1) is 17.7. The Hall–Kier alpha value is -2.70. The molecule has 0 spiro atoms. The summed E-state index contributed by atoms with van der Waals surface area (Å²) >= 11 is 5.10. The van der Waals surface area contributed by atoms with Crippen LogP contribution in [0.2, 0.25) is 0 Å². The van der Waals surface area contributed by atoms with Crippen LogP contribution in [0.1, 0.15) is 0 Å². The Morgan fingerprint density at radius 3 is 2.63 bits per heavy atom. The van der Waals surface area contributed by atoms with E-state index < -0.39 is 0 Å². The summed E-state index contributed by atoms with van der Waals surface area (Å²) in [5.74, 6) is 0.443. The highest BCUT2D eigenvalue weighted by Crippen LogP contribution is 2.36. The minimum absolute atomic E-state index is 0.0562. The molecule has 0 fully saturated rings. The summed E-state index contributed by atoms with van der Waals surface area (Å²) in [6.07, 6.45) is 0. The number of benzene rings is 3. The number of nitrogens with one attached hydrogen (secondary N) is 1. The van der Waals surface area contributed by atoms with Gasteiger partial charge in [0.25, 0.3) is 5.91 Å². The van der Waals surface area contributed by atoms with Crippen LogP contribution < -0.4 is 10.1 Å². The number of thiazole rings is 1. The highest BCUT2D eigenvalue weighted by atomic mass is 79.9. The molecule has 4 aromatic rings. The van der Waals surface area contributed by atoms with Crippen LogP contribution in [0.5, 0.6) is 5.75 Å². The van der Waals surface area contributed by atoms with E-state index in [1.54, 1.807) is 11.3 Å². The number of amides is 1. The maximum atomic E-state index is 12.4. The molecule has 27 heavy (non-hydrogen) atoms. The summed E-state index contributed by atoms with van der Waals surface area (Å²) in [4.78, 5) is 17.1. The lowest BCUT2D eigenvalue weighted by atomic mass is 10.2. The van der Waals surface area contributed by atoms with Gasteiger partial charge in [-0.05, 0) is 42.5 Å². The molecule has 134 valence electrons. The van der Waals surface area contributed by atoms with E-state index in [0.717, 1.165) is 25.3 Å². The number of para-hydroxylation sites is 2. The zero-order valence-corrected chi connectivity index (χ0v) is 16.6.